The van der Waals surface area contributed by atoms with Gasteiger partial charge in [0, 0.05) is 6.42 Å². The monoisotopic (exact) mass is 390 g/mol. The first-order chi connectivity index (χ1) is 13.1. The molecule has 0 aromatic rings. The van der Waals surface area contributed by atoms with Crippen LogP contribution >= 0.6 is 0 Å². The molecule has 1 heterocycles. The molecule has 0 unspecified atom stereocenters. The Morgan fingerprint density at radius 3 is 2.30 bits per heavy atom. The van der Waals surface area contributed by atoms with Gasteiger partial charge in [-0.2, -0.15) is 0 Å². The van der Waals surface area contributed by atoms with Crippen molar-refractivity contribution in [3.63, 3.8) is 0 Å². The van der Waals surface area contributed by atoms with Crippen molar-refractivity contribution in [2.75, 3.05) is 26.4 Å². The third-order valence-corrected chi connectivity index (χ3v) is 4.88. The Kier molecular flexibility index (Phi) is 13.7. The first-order valence-electron chi connectivity index (χ1n) is 10.5. The number of hydrogen-bond donors (Lipinski definition) is 3. The molecule has 0 saturated carbocycles. The Bertz CT molecular complexity index is 377. The number of rotatable bonds is 16. The Labute approximate surface area is 163 Å². The maximum atomic E-state index is 12.1. The van der Waals surface area contributed by atoms with Crippen LogP contribution in [0.2, 0.25) is 0 Å². The quantitative estimate of drug-likeness (QED) is 0.273. The molecule has 7 nitrogen and oxygen atoms in total. The van der Waals surface area contributed by atoms with Crippen molar-refractivity contribution in [1.29, 1.82) is 0 Å². The molecular weight excluding hydrogens is 352 g/mol. The molecule has 27 heavy (non-hydrogen) atoms. The zero-order valence-electron chi connectivity index (χ0n) is 16.7. The van der Waals surface area contributed by atoms with Crippen molar-refractivity contribution in [2.45, 2.75) is 95.5 Å². The summed E-state index contributed by atoms with van der Waals surface area (Å²) in [5.74, 6) is -0.364. The normalized spacial score (nSPS) is 23.5. The summed E-state index contributed by atoms with van der Waals surface area (Å²) in [4.78, 5) is 12.1. The lowest BCUT2D eigenvalue weighted by Crippen LogP contribution is -2.44. The Balaban J connectivity index is 2.22. The largest absolute Gasteiger partial charge is 0.457 e. The van der Waals surface area contributed by atoms with E-state index in [4.69, 9.17) is 19.3 Å². The maximum Gasteiger partial charge on any atom is 0.306 e. The number of hydrogen-bond acceptors (Lipinski definition) is 7. The van der Waals surface area contributed by atoms with E-state index in [1.54, 1.807) is 0 Å². The van der Waals surface area contributed by atoms with Gasteiger partial charge in [0.2, 0.25) is 0 Å². The molecule has 3 N–H and O–H groups in total. The third-order valence-electron chi connectivity index (χ3n) is 4.88. The predicted octanol–water partition coefficient (Wildman–Crippen LogP) is 1.95. The van der Waals surface area contributed by atoms with Crippen LogP contribution in [0.5, 0.6) is 0 Å². The second kappa shape index (κ2) is 15.2. The molecule has 0 aromatic carbocycles. The molecule has 7 heteroatoms. The van der Waals surface area contributed by atoms with Crippen molar-refractivity contribution in [2.24, 2.45) is 0 Å². The average Bonchev–Trinajstić information content (AvgIpc) is 3.01. The fraction of sp³-hybridized carbons (Fsp3) is 0.950. The van der Waals surface area contributed by atoms with Crippen LogP contribution in [0.15, 0.2) is 0 Å². The van der Waals surface area contributed by atoms with Gasteiger partial charge < -0.3 is 29.5 Å². The molecule has 0 aliphatic carbocycles. The van der Waals surface area contributed by atoms with Crippen molar-refractivity contribution >= 4 is 5.97 Å². The van der Waals surface area contributed by atoms with E-state index in [0.29, 0.717) is 6.42 Å². The molecule has 0 spiro atoms. The van der Waals surface area contributed by atoms with Gasteiger partial charge in [0.15, 0.2) is 6.10 Å². The minimum Gasteiger partial charge on any atom is -0.457 e. The van der Waals surface area contributed by atoms with Crippen molar-refractivity contribution in [1.82, 2.24) is 0 Å². The summed E-state index contributed by atoms with van der Waals surface area (Å²) in [6.07, 6.45) is 7.57. The van der Waals surface area contributed by atoms with Gasteiger partial charge in [0.05, 0.1) is 26.4 Å². The Morgan fingerprint density at radius 1 is 1.07 bits per heavy atom. The van der Waals surface area contributed by atoms with E-state index in [1.807, 2.05) is 0 Å². The molecule has 1 aliphatic rings. The van der Waals surface area contributed by atoms with Crippen LogP contribution in [-0.4, -0.2) is 72.1 Å². The van der Waals surface area contributed by atoms with Gasteiger partial charge in [-0.3, -0.25) is 4.79 Å². The van der Waals surface area contributed by atoms with E-state index in [1.165, 1.54) is 38.5 Å². The van der Waals surface area contributed by atoms with Crippen LogP contribution in [0.3, 0.4) is 0 Å². The first-order valence-corrected chi connectivity index (χ1v) is 10.5. The summed E-state index contributed by atoms with van der Waals surface area (Å²) >= 11 is 0. The number of aliphatic hydroxyl groups is 3. The van der Waals surface area contributed by atoms with Crippen LogP contribution in [0.4, 0.5) is 0 Å². The highest BCUT2D eigenvalue weighted by atomic mass is 16.6. The highest BCUT2D eigenvalue weighted by Crippen LogP contribution is 2.23. The number of carbonyl (C=O) groups is 1. The van der Waals surface area contributed by atoms with E-state index in [-0.39, 0.29) is 32.4 Å². The van der Waals surface area contributed by atoms with E-state index < -0.39 is 24.4 Å². The Morgan fingerprint density at radius 2 is 1.70 bits per heavy atom. The van der Waals surface area contributed by atoms with Crippen molar-refractivity contribution in [3.8, 4) is 0 Å². The summed E-state index contributed by atoms with van der Waals surface area (Å²) in [5, 5.41) is 28.3. The van der Waals surface area contributed by atoms with E-state index in [9.17, 15) is 15.0 Å². The first kappa shape index (κ1) is 24.3. The van der Waals surface area contributed by atoms with Crippen molar-refractivity contribution in [3.05, 3.63) is 0 Å². The number of carbonyl (C=O) groups excluding carboxylic acids is 1. The number of aliphatic hydroxyl groups excluding tert-OH is 3. The van der Waals surface area contributed by atoms with Crippen LogP contribution in [0.1, 0.15) is 71.1 Å². The predicted molar refractivity (Wildman–Crippen MR) is 101 cm³/mol. The molecule has 1 aliphatic heterocycles. The van der Waals surface area contributed by atoms with Gasteiger partial charge in [-0.05, 0) is 6.42 Å². The number of unbranched alkanes of at least 4 members (excludes halogenated alkanes) is 8. The third kappa shape index (κ3) is 9.85. The minimum absolute atomic E-state index is 0.0274. The average molecular weight is 391 g/mol. The molecule has 0 amide bonds. The number of esters is 1. The second-order valence-electron chi connectivity index (χ2n) is 7.21. The fourth-order valence-electron chi connectivity index (χ4n) is 3.33. The van der Waals surface area contributed by atoms with Gasteiger partial charge in [0.1, 0.15) is 18.3 Å². The summed E-state index contributed by atoms with van der Waals surface area (Å²) in [6, 6.07) is 0. The summed E-state index contributed by atoms with van der Waals surface area (Å²) in [6.45, 7) is 1.75. The molecule has 1 saturated heterocycles. The van der Waals surface area contributed by atoms with Crippen LogP contribution < -0.4 is 0 Å². The molecule has 4 atom stereocenters. The molecular formula is C20H38O7. The molecule has 1 rings (SSSR count). The van der Waals surface area contributed by atoms with E-state index in [0.717, 1.165) is 19.3 Å². The topological polar surface area (TPSA) is 105 Å². The van der Waals surface area contributed by atoms with Gasteiger partial charge in [-0.1, -0.05) is 58.3 Å². The molecule has 0 radical (unpaired) electrons. The maximum absolute atomic E-state index is 12.1. The van der Waals surface area contributed by atoms with Gasteiger partial charge in [-0.15, -0.1) is 0 Å². The Hall–Kier alpha value is -0.730. The molecule has 0 aromatic heterocycles. The smallest absolute Gasteiger partial charge is 0.306 e. The van der Waals surface area contributed by atoms with Crippen LogP contribution in [-0.2, 0) is 19.0 Å². The highest BCUT2D eigenvalue weighted by molar-refractivity contribution is 5.69. The SMILES string of the molecule is CCCCCCCCCCCC(=O)O[C@H]1[C@@H]([C@@H](CO)OCCO)OC[C@@H]1O. The lowest BCUT2D eigenvalue weighted by atomic mass is 10.1. The summed E-state index contributed by atoms with van der Waals surface area (Å²) in [7, 11) is 0. The van der Waals surface area contributed by atoms with Gasteiger partial charge in [0.25, 0.3) is 0 Å². The van der Waals surface area contributed by atoms with Crippen molar-refractivity contribution < 1.29 is 34.3 Å². The van der Waals surface area contributed by atoms with Gasteiger partial charge in [-0.25, -0.2) is 0 Å². The fourth-order valence-corrected chi connectivity index (χ4v) is 3.33. The van der Waals surface area contributed by atoms with E-state index in [2.05, 4.69) is 6.92 Å². The standard InChI is InChI=1S/C20H38O7/c1-2-3-4-5-6-7-8-9-10-11-18(24)27-19-16(23)15-26-20(19)17(14-22)25-13-12-21/h16-17,19-23H,2-15H2,1H3/t16-,17+,19+,20+/m0/s1. The van der Waals surface area contributed by atoms with Crippen LogP contribution in [0, 0.1) is 0 Å². The summed E-state index contributed by atoms with van der Waals surface area (Å²) < 4.78 is 16.2. The summed E-state index contributed by atoms with van der Waals surface area (Å²) in [5.41, 5.74) is 0. The lowest BCUT2D eigenvalue weighted by Gasteiger charge is -2.27. The second-order valence-corrected chi connectivity index (χ2v) is 7.21. The minimum atomic E-state index is -0.936. The zero-order chi connectivity index (χ0) is 19.9. The highest BCUT2D eigenvalue weighted by Gasteiger charge is 2.44. The van der Waals surface area contributed by atoms with Crippen LogP contribution in [0.25, 0.3) is 0 Å². The zero-order valence-corrected chi connectivity index (χ0v) is 16.7. The van der Waals surface area contributed by atoms with E-state index >= 15 is 0 Å². The van der Waals surface area contributed by atoms with Gasteiger partial charge >= 0.3 is 5.97 Å². The molecule has 160 valence electrons. The lowest BCUT2D eigenvalue weighted by molar-refractivity contribution is -0.163. The molecule has 1 fully saturated rings. The number of ether oxygens (including phenoxy) is 3. The molecule has 0 bridgehead atoms.